The van der Waals surface area contributed by atoms with Crippen molar-refractivity contribution in [3.05, 3.63) is 39.4 Å². The molecule has 0 radical (unpaired) electrons. The molecule has 2 aromatic rings. The van der Waals surface area contributed by atoms with Gasteiger partial charge in [-0.2, -0.15) is 0 Å². The fourth-order valence-electron chi connectivity index (χ4n) is 7.71. The fraction of sp³-hybridized carbons (Fsp3) is 0.500. The minimum absolute atomic E-state index is 0.0203. The van der Waals surface area contributed by atoms with Crippen molar-refractivity contribution in [1.82, 2.24) is 9.80 Å². The van der Waals surface area contributed by atoms with E-state index in [2.05, 4.69) is 4.90 Å². The summed E-state index contributed by atoms with van der Waals surface area (Å²) in [5.41, 5.74) is 4.10. The summed E-state index contributed by atoms with van der Waals surface area (Å²) < 4.78 is 28.9. The number of aliphatic hydroxyl groups excluding tert-OH is 1. The van der Waals surface area contributed by atoms with Gasteiger partial charge in [-0.15, -0.1) is 11.8 Å². The molecule has 4 bridgehead atoms. The first-order chi connectivity index (χ1) is 20.5. The molecule has 2 fully saturated rings. The number of carbonyl (C=O) groups is 3. The zero-order valence-corrected chi connectivity index (χ0v) is 25.1. The third kappa shape index (κ3) is 3.91. The molecule has 0 aromatic heterocycles. The largest absolute Gasteiger partial charge is 0.504 e. The number of methoxy groups -OCH3 is 1. The van der Waals surface area contributed by atoms with Gasteiger partial charge in [0.05, 0.1) is 36.2 Å². The van der Waals surface area contributed by atoms with Gasteiger partial charge in [-0.05, 0) is 38.4 Å². The number of ketones is 1. The predicted molar refractivity (Wildman–Crippen MR) is 152 cm³/mol. The van der Waals surface area contributed by atoms with Crippen LogP contribution in [-0.4, -0.2) is 89.4 Å². The maximum Gasteiger partial charge on any atom is 0.375 e. The summed E-state index contributed by atoms with van der Waals surface area (Å²) in [6, 6.07) is -0.238. The standard InChI is InChI=1S/C30H32N2O10S/c1-11-6-14-7-15-29(36)32-16-8-39-30(37)17(34)9-43-28(22(32)21(31(15)4)18(14)23(35)24(11)38-5)20-19(16)27-26(40-10-41-27)12(2)25(20)42-13(3)33/h6,15-16,21-22,28-29,35-36H,7-10H2,1-5H3/t15-,16+,21+,22-,28-,29+/m1/s1. The van der Waals surface area contributed by atoms with Crippen LogP contribution in [0.2, 0.25) is 0 Å². The normalized spacial score (nSPS) is 29.3. The molecule has 5 aliphatic heterocycles. The number of aromatic hydroxyl groups is 1. The Morgan fingerprint density at radius 3 is 2.56 bits per heavy atom. The average Bonchev–Trinajstić information content (AvgIpc) is 3.45. The maximum atomic E-state index is 12.9. The number of Topliss-reactive ketones (excluding diaryl/α,β-unsaturated/α-hetero) is 1. The lowest BCUT2D eigenvalue weighted by atomic mass is 9.73. The summed E-state index contributed by atoms with van der Waals surface area (Å²) >= 11 is 1.21. The number of likely N-dealkylation sites (N-methyl/N-ethyl adjacent to an activating group) is 1. The van der Waals surface area contributed by atoms with Gasteiger partial charge in [-0.3, -0.25) is 19.4 Å². The van der Waals surface area contributed by atoms with Crippen molar-refractivity contribution in [3.8, 4) is 28.7 Å². The Balaban J connectivity index is 1.55. The molecule has 5 heterocycles. The second kappa shape index (κ2) is 10.0. The average molecular weight is 613 g/mol. The van der Waals surface area contributed by atoms with Crippen LogP contribution in [0.25, 0.3) is 0 Å². The SMILES string of the molecule is COc1c(C)cc2c(c1O)[C@H]1[C@@H]3[C@@H]4SCC(=O)C(=O)OC[C@@H](c5c6c(c(C)c(OC(C)=O)c54)OCO6)N3[C@@H](O)[C@@H](C2)N1C. The molecule has 12 nitrogen and oxygen atoms in total. The molecule has 2 saturated heterocycles. The lowest BCUT2D eigenvalue weighted by molar-refractivity contribution is -0.184. The summed E-state index contributed by atoms with van der Waals surface area (Å²) in [5, 5.41) is 23.2. The monoisotopic (exact) mass is 612 g/mol. The van der Waals surface area contributed by atoms with E-state index < -0.39 is 47.3 Å². The summed E-state index contributed by atoms with van der Waals surface area (Å²) in [6.07, 6.45) is -0.582. The van der Waals surface area contributed by atoms with Crippen LogP contribution in [-0.2, 0) is 25.5 Å². The molecule has 5 aliphatic rings. The second-order valence-corrected chi connectivity index (χ2v) is 12.7. The highest BCUT2D eigenvalue weighted by molar-refractivity contribution is 8.00. The molecule has 6 atom stereocenters. The van der Waals surface area contributed by atoms with Crippen LogP contribution in [0.3, 0.4) is 0 Å². The predicted octanol–water partition coefficient (Wildman–Crippen LogP) is 2.23. The number of phenolic OH excluding ortho intramolecular Hbond substituents is 1. The number of phenols is 1. The van der Waals surface area contributed by atoms with Crippen molar-refractivity contribution in [3.63, 3.8) is 0 Å². The van der Waals surface area contributed by atoms with Crippen molar-refractivity contribution in [2.75, 3.05) is 33.3 Å². The van der Waals surface area contributed by atoms with E-state index in [9.17, 15) is 24.6 Å². The van der Waals surface area contributed by atoms with E-state index in [-0.39, 0.29) is 36.7 Å². The number of aliphatic hydroxyl groups is 1. The fourth-order valence-corrected chi connectivity index (χ4v) is 9.04. The number of carbonyl (C=O) groups excluding carboxylic acids is 3. The van der Waals surface area contributed by atoms with E-state index in [1.54, 1.807) is 6.92 Å². The number of benzene rings is 2. The number of nitrogens with zero attached hydrogens (tertiary/aromatic N) is 2. The Morgan fingerprint density at radius 1 is 1.09 bits per heavy atom. The molecule has 0 unspecified atom stereocenters. The van der Waals surface area contributed by atoms with Gasteiger partial charge in [-0.25, -0.2) is 4.79 Å². The molecule has 2 N–H and O–H groups in total. The number of esters is 2. The lowest BCUT2D eigenvalue weighted by Gasteiger charge is -2.61. The van der Waals surface area contributed by atoms with Gasteiger partial charge in [0.1, 0.15) is 18.6 Å². The number of aryl methyl sites for hydroxylation is 1. The van der Waals surface area contributed by atoms with E-state index >= 15 is 0 Å². The zero-order chi connectivity index (χ0) is 30.5. The van der Waals surface area contributed by atoms with Crippen molar-refractivity contribution < 1.29 is 48.3 Å². The van der Waals surface area contributed by atoms with Crippen molar-refractivity contribution in [2.45, 2.75) is 62.8 Å². The number of ether oxygens (including phenoxy) is 5. The molecule has 43 heavy (non-hydrogen) atoms. The summed E-state index contributed by atoms with van der Waals surface area (Å²) in [4.78, 5) is 42.0. The van der Waals surface area contributed by atoms with Crippen LogP contribution in [0.4, 0.5) is 0 Å². The highest BCUT2D eigenvalue weighted by Crippen LogP contribution is 2.63. The quantitative estimate of drug-likeness (QED) is 0.291. The number of thioether (sulfide) groups is 1. The van der Waals surface area contributed by atoms with Crippen LogP contribution >= 0.6 is 11.8 Å². The molecule has 228 valence electrons. The van der Waals surface area contributed by atoms with Crippen LogP contribution in [0, 0.1) is 13.8 Å². The van der Waals surface area contributed by atoms with E-state index in [1.807, 2.05) is 24.9 Å². The minimum atomic E-state index is -1.03. The van der Waals surface area contributed by atoms with Gasteiger partial charge < -0.3 is 33.9 Å². The first-order valence-electron chi connectivity index (χ1n) is 14.1. The summed E-state index contributed by atoms with van der Waals surface area (Å²) in [5.74, 6) is -0.882. The van der Waals surface area contributed by atoms with E-state index in [1.165, 1.54) is 25.8 Å². The van der Waals surface area contributed by atoms with Gasteiger partial charge in [0.25, 0.3) is 0 Å². The Labute approximate surface area is 251 Å². The maximum absolute atomic E-state index is 12.9. The number of rotatable bonds is 2. The Bertz CT molecular complexity index is 1590. The highest BCUT2D eigenvalue weighted by atomic mass is 32.2. The molecule has 0 saturated carbocycles. The first-order valence-corrected chi connectivity index (χ1v) is 15.1. The van der Waals surface area contributed by atoms with Crippen LogP contribution in [0.1, 0.15) is 57.6 Å². The Hall–Kier alpha value is -3.52. The molecular formula is C30H32N2O10S. The second-order valence-electron chi connectivity index (χ2n) is 11.6. The van der Waals surface area contributed by atoms with Gasteiger partial charge in [-0.1, -0.05) is 6.07 Å². The van der Waals surface area contributed by atoms with Crippen LogP contribution < -0.4 is 18.9 Å². The summed E-state index contributed by atoms with van der Waals surface area (Å²) in [7, 11) is 3.42. The van der Waals surface area contributed by atoms with Crippen LogP contribution in [0.5, 0.6) is 28.7 Å². The van der Waals surface area contributed by atoms with Crippen LogP contribution in [0.15, 0.2) is 6.07 Å². The van der Waals surface area contributed by atoms with Gasteiger partial charge >= 0.3 is 11.9 Å². The third-order valence-electron chi connectivity index (χ3n) is 9.37. The van der Waals surface area contributed by atoms with E-state index in [0.29, 0.717) is 45.9 Å². The molecule has 2 aromatic carbocycles. The molecule has 0 aliphatic carbocycles. The number of hydrogen-bond acceptors (Lipinski definition) is 13. The molecular weight excluding hydrogens is 580 g/mol. The number of fused-ring (bicyclic) bond motifs is 9. The highest BCUT2D eigenvalue weighted by Gasteiger charge is 2.60. The first kappa shape index (κ1) is 28.3. The topological polar surface area (TPSA) is 144 Å². The van der Waals surface area contributed by atoms with E-state index in [0.717, 1.165) is 11.1 Å². The number of hydrogen-bond donors (Lipinski definition) is 2. The Kier molecular flexibility index (Phi) is 6.58. The minimum Gasteiger partial charge on any atom is -0.504 e. The molecule has 13 heteroatoms. The molecule has 0 spiro atoms. The zero-order valence-electron chi connectivity index (χ0n) is 24.3. The van der Waals surface area contributed by atoms with Gasteiger partial charge in [0.15, 0.2) is 23.0 Å². The van der Waals surface area contributed by atoms with Crippen molar-refractivity contribution in [1.29, 1.82) is 0 Å². The van der Waals surface area contributed by atoms with E-state index in [4.69, 9.17) is 23.7 Å². The van der Waals surface area contributed by atoms with Crippen molar-refractivity contribution >= 4 is 29.5 Å². The Morgan fingerprint density at radius 2 is 1.84 bits per heavy atom. The molecule has 7 rings (SSSR count). The smallest absolute Gasteiger partial charge is 0.375 e. The van der Waals surface area contributed by atoms with Gasteiger partial charge in [0.2, 0.25) is 12.6 Å². The molecule has 0 amide bonds. The van der Waals surface area contributed by atoms with Gasteiger partial charge in [0, 0.05) is 35.2 Å². The number of piperazine rings is 1. The summed E-state index contributed by atoms with van der Waals surface area (Å²) in [6.45, 7) is 4.63. The van der Waals surface area contributed by atoms with Crippen molar-refractivity contribution in [2.24, 2.45) is 0 Å². The number of cyclic esters (lactones) is 1. The third-order valence-corrected chi connectivity index (χ3v) is 10.7. The lowest BCUT2D eigenvalue weighted by Crippen LogP contribution is -2.69.